The second-order valence-corrected chi connectivity index (χ2v) is 10.6. The molecule has 0 bridgehead atoms. The molecule has 0 spiro atoms. The van der Waals surface area contributed by atoms with Crippen molar-refractivity contribution in [3.8, 4) is 5.75 Å². The second-order valence-electron chi connectivity index (χ2n) is 10.6. The van der Waals surface area contributed by atoms with Crippen LogP contribution in [0.4, 0.5) is 16.2 Å². The largest absolute Gasteiger partial charge is 0.508 e. The maximum Gasteiger partial charge on any atom is 0.336 e. The monoisotopic (exact) mass is 591 g/mol. The lowest BCUT2D eigenvalue weighted by Crippen LogP contribution is -2.47. The molecule has 2 aromatic rings. The summed E-state index contributed by atoms with van der Waals surface area (Å²) in [7, 11) is 1.30. The van der Waals surface area contributed by atoms with Crippen molar-refractivity contribution in [2.45, 2.75) is 33.1 Å². The van der Waals surface area contributed by atoms with Gasteiger partial charge < -0.3 is 35.4 Å². The predicted molar refractivity (Wildman–Crippen MR) is 165 cm³/mol. The van der Waals surface area contributed by atoms with E-state index in [1.807, 2.05) is 18.2 Å². The number of rotatable bonds is 10. The van der Waals surface area contributed by atoms with Crippen LogP contribution < -0.4 is 20.9 Å². The molecule has 1 atom stereocenters. The van der Waals surface area contributed by atoms with Gasteiger partial charge in [-0.3, -0.25) is 4.90 Å². The number of phenolic OH excluding ortho intramolecular Hbond substituents is 1. The second kappa shape index (κ2) is 14.6. The zero-order valence-electron chi connectivity index (χ0n) is 25.2. The Morgan fingerprint density at radius 2 is 1.67 bits per heavy atom. The minimum atomic E-state index is -0.731. The number of benzene rings is 2. The summed E-state index contributed by atoms with van der Waals surface area (Å²) in [5.74, 6) is -1.54. The van der Waals surface area contributed by atoms with E-state index in [-0.39, 0.29) is 18.4 Å². The van der Waals surface area contributed by atoms with Gasteiger partial charge in [-0.15, -0.1) is 0 Å². The first-order chi connectivity index (χ1) is 20.7. The lowest BCUT2D eigenvalue weighted by Gasteiger charge is -2.36. The minimum absolute atomic E-state index is 0.190. The Kier molecular flexibility index (Phi) is 10.7. The number of ether oxygens (including phenoxy) is 2. The lowest BCUT2D eigenvalue weighted by molar-refractivity contribution is -0.139. The summed E-state index contributed by atoms with van der Waals surface area (Å²) in [4.78, 5) is 43.2. The summed E-state index contributed by atoms with van der Waals surface area (Å²) in [5, 5.41) is 18.6. The van der Waals surface area contributed by atoms with Gasteiger partial charge in [0, 0.05) is 61.6 Å². The summed E-state index contributed by atoms with van der Waals surface area (Å²) in [6, 6.07) is 14.1. The molecule has 0 radical (unpaired) electrons. The number of carbonyl (C=O) groups excluding carboxylic acids is 3. The number of urea groups is 1. The van der Waals surface area contributed by atoms with Gasteiger partial charge in [0.2, 0.25) is 0 Å². The minimum Gasteiger partial charge on any atom is -0.508 e. The number of allylic oxidation sites excluding steroid dienone is 2. The number of methoxy groups -OCH3 is 1. The number of nitrogens with zero attached hydrogens (tertiary/aromatic N) is 2. The van der Waals surface area contributed by atoms with Gasteiger partial charge >= 0.3 is 18.0 Å². The number of amides is 2. The summed E-state index contributed by atoms with van der Waals surface area (Å²) in [6.45, 7) is 10.4. The maximum atomic E-state index is 13.0. The van der Waals surface area contributed by atoms with Gasteiger partial charge in [0.25, 0.3) is 0 Å². The third kappa shape index (κ3) is 7.86. The Balaban J connectivity index is 1.33. The van der Waals surface area contributed by atoms with Crippen LogP contribution >= 0.6 is 0 Å². The molecule has 43 heavy (non-hydrogen) atoms. The molecule has 2 amide bonds. The molecule has 11 nitrogen and oxygen atoms in total. The van der Waals surface area contributed by atoms with Crippen LogP contribution in [0.1, 0.15) is 38.7 Å². The van der Waals surface area contributed by atoms with E-state index < -0.39 is 17.9 Å². The molecular formula is C32H41N5O6. The molecule has 2 aliphatic rings. The third-order valence-corrected chi connectivity index (χ3v) is 7.64. The molecule has 4 rings (SSSR count). The van der Waals surface area contributed by atoms with Gasteiger partial charge in [-0.25, -0.2) is 14.4 Å². The molecule has 230 valence electrons. The van der Waals surface area contributed by atoms with Crippen LogP contribution in [-0.4, -0.2) is 81.0 Å². The normalized spacial score (nSPS) is 17.3. The summed E-state index contributed by atoms with van der Waals surface area (Å²) in [6.07, 6.45) is 0.800. The molecule has 0 saturated carbocycles. The number of carbonyl (C=O) groups is 3. The van der Waals surface area contributed by atoms with Crippen LogP contribution in [0.2, 0.25) is 0 Å². The van der Waals surface area contributed by atoms with E-state index in [2.05, 4.69) is 25.8 Å². The Morgan fingerprint density at radius 3 is 2.35 bits per heavy atom. The van der Waals surface area contributed by atoms with E-state index in [0.717, 1.165) is 44.8 Å². The summed E-state index contributed by atoms with van der Waals surface area (Å²) >= 11 is 0. The fourth-order valence-electron chi connectivity index (χ4n) is 5.58. The van der Waals surface area contributed by atoms with Crippen LogP contribution in [0.3, 0.4) is 0 Å². The number of hydrogen-bond donors (Lipinski definition) is 4. The number of nitrogens with one attached hydrogen (secondary N) is 3. The molecule has 2 aromatic carbocycles. The Morgan fingerprint density at radius 1 is 0.977 bits per heavy atom. The SMILES string of the molecule is CCOC(=O)C1=C(C)NC(C)=C(C(=O)OC)C1c1cccc(NC(=O)NCCCN2CCN(c3cccc(O)c3)CC2)c1. The van der Waals surface area contributed by atoms with E-state index in [9.17, 15) is 19.5 Å². The van der Waals surface area contributed by atoms with E-state index in [1.54, 1.807) is 51.1 Å². The molecule has 0 aromatic heterocycles. The predicted octanol–water partition coefficient (Wildman–Crippen LogP) is 3.70. The van der Waals surface area contributed by atoms with E-state index >= 15 is 0 Å². The van der Waals surface area contributed by atoms with Crippen molar-refractivity contribution < 1.29 is 29.0 Å². The molecule has 1 fully saturated rings. The lowest BCUT2D eigenvalue weighted by atomic mass is 9.80. The van der Waals surface area contributed by atoms with Crippen LogP contribution in [0.15, 0.2) is 71.1 Å². The van der Waals surface area contributed by atoms with Gasteiger partial charge in [0.05, 0.1) is 30.8 Å². The molecule has 2 aliphatic heterocycles. The zero-order valence-corrected chi connectivity index (χ0v) is 25.2. The van der Waals surface area contributed by atoms with Gasteiger partial charge in [-0.2, -0.15) is 0 Å². The number of aromatic hydroxyl groups is 1. The van der Waals surface area contributed by atoms with Crippen LogP contribution in [0.5, 0.6) is 5.75 Å². The molecule has 1 saturated heterocycles. The first kappa shape index (κ1) is 31.4. The average molecular weight is 592 g/mol. The topological polar surface area (TPSA) is 132 Å². The molecule has 2 heterocycles. The molecule has 0 aliphatic carbocycles. The number of phenols is 1. The van der Waals surface area contributed by atoms with Gasteiger partial charge in [0.15, 0.2) is 0 Å². The Hall–Kier alpha value is -4.51. The Bertz CT molecular complexity index is 1400. The average Bonchev–Trinajstić information content (AvgIpc) is 2.99. The van der Waals surface area contributed by atoms with Crippen molar-refractivity contribution in [2.24, 2.45) is 0 Å². The standard InChI is InChI=1S/C32H41N5O6/c1-5-43-31(40)28-22(3)34-21(2)27(30(39)42-4)29(28)23-9-6-10-24(19-23)35-32(41)33-13-8-14-36-15-17-37(18-16-36)25-11-7-12-26(38)20-25/h6-7,9-12,19-20,29,34,38H,5,8,13-18H2,1-4H3,(H2,33,35,41). The first-order valence-corrected chi connectivity index (χ1v) is 14.6. The van der Waals surface area contributed by atoms with Crippen molar-refractivity contribution in [3.05, 3.63) is 76.6 Å². The van der Waals surface area contributed by atoms with Crippen LogP contribution in [0, 0.1) is 0 Å². The number of esters is 2. The number of anilines is 2. The fourth-order valence-corrected chi connectivity index (χ4v) is 5.58. The molecule has 1 unspecified atom stereocenters. The smallest absolute Gasteiger partial charge is 0.336 e. The van der Waals surface area contributed by atoms with Crippen molar-refractivity contribution in [2.75, 3.05) is 63.2 Å². The van der Waals surface area contributed by atoms with Crippen molar-refractivity contribution >= 4 is 29.3 Å². The van der Waals surface area contributed by atoms with Crippen LogP contribution in [0.25, 0.3) is 0 Å². The summed E-state index contributed by atoms with van der Waals surface area (Å²) in [5.41, 5.74) is 3.99. The zero-order chi connectivity index (χ0) is 30.9. The van der Waals surface area contributed by atoms with E-state index in [4.69, 9.17) is 9.47 Å². The fraction of sp³-hybridized carbons (Fsp3) is 0.406. The summed E-state index contributed by atoms with van der Waals surface area (Å²) < 4.78 is 10.4. The van der Waals surface area contributed by atoms with Crippen LogP contribution in [-0.2, 0) is 19.1 Å². The highest BCUT2D eigenvalue weighted by molar-refractivity contribution is 6.00. The van der Waals surface area contributed by atoms with Crippen molar-refractivity contribution in [1.82, 2.24) is 15.5 Å². The highest BCUT2D eigenvalue weighted by Gasteiger charge is 2.37. The molecule has 11 heteroatoms. The quantitative estimate of drug-likeness (QED) is 0.241. The Labute approximate surface area is 252 Å². The van der Waals surface area contributed by atoms with E-state index in [1.165, 1.54) is 7.11 Å². The number of dihydropyridines is 1. The highest BCUT2D eigenvalue weighted by Crippen LogP contribution is 2.39. The maximum absolute atomic E-state index is 13.0. The molecular weight excluding hydrogens is 550 g/mol. The number of piperazine rings is 1. The third-order valence-electron chi connectivity index (χ3n) is 7.64. The first-order valence-electron chi connectivity index (χ1n) is 14.6. The van der Waals surface area contributed by atoms with Gasteiger partial charge in [0.1, 0.15) is 5.75 Å². The highest BCUT2D eigenvalue weighted by atomic mass is 16.5. The number of hydrogen-bond acceptors (Lipinski definition) is 9. The van der Waals surface area contributed by atoms with Gasteiger partial charge in [-0.1, -0.05) is 18.2 Å². The molecule has 4 N–H and O–H groups in total. The van der Waals surface area contributed by atoms with Gasteiger partial charge in [-0.05, 0) is 63.6 Å². The van der Waals surface area contributed by atoms with Crippen molar-refractivity contribution in [3.63, 3.8) is 0 Å². The van der Waals surface area contributed by atoms with E-state index in [0.29, 0.717) is 40.3 Å². The van der Waals surface area contributed by atoms with Crippen molar-refractivity contribution in [1.29, 1.82) is 0 Å².